The van der Waals surface area contributed by atoms with Crippen LogP contribution in [-0.4, -0.2) is 40.4 Å². The van der Waals surface area contributed by atoms with E-state index in [1.807, 2.05) is 0 Å². The first-order valence-corrected chi connectivity index (χ1v) is 5.23. The molecule has 1 aliphatic heterocycles. The van der Waals surface area contributed by atoms with Crippen molar-refractivity contribution in [2.24, 2.45) is 0 Å². The summed E-state index contributed by atoms with van der Waals surface area (Å²) in [5.74, 6) is 0. The van der Waals surface area contributed by atoms with Gasteiger partial charge in [-0.15, -0.1) is 0 Å². The molecule has 1 unspecified atom stereocenters. The maximum absolute atomic E-state index is 11.0. The van der Waals surface area contributed by atoms with Gasteiger partial charge in [0.1, 0.15) is 6.29 Å². The molecule has 17 heavy (non-hydrogen) atoms. The number of carbonyl (C=O) groups is 1. The zero-order valence-electron chi connectivity index (χ0n) is 9.02. The number of aliphatic hydroxyl groups is 1. The molecule has 6 nitrogen and oxygen atoms in total. The van der Waals surface area contributed by atoms with Gasteiger partial charge in [0, 0.05) is 25.2 Å². The van der Waals surface area contributed by atoms with Gasteiger partial charge in [-0.2, -0.15) is 0 Å². The molecule has 1 saturated heterocycles. The summed E-state index contributed by atoms with van der Waals surface area (Å²) in [6.07, 6.45) is 0.335. The Kier molecular flexibility index (Phi) is 3.16. The number of carbonyl (C=O) groups excluding carboxylic acids is 1. The summed E-state index contributed by atoms with van der Waals surface area (Å²) >= 11 is 0. The molecule has 0 saturated carbocycles. The minimum Gasteiger partial charge on any atom is -0.390 e. The predicted molar refractivity (Wildman–Crippen MR) is 59.5 cm³/mol. The topological polar surface area (TPSA) is 83.7 Å². The second-order valence-electron chi connectivity index (χ2n) is 4.04. The molecule has 1 N–H and O–H groups in total. The Morgan fingerprint density at radius 2 is 2.24 bits per heavy atom. The summed E-state index contributed by atoms with van der Waals surface area (Å²) in [6.45, 7) is 0.845. The van der Waals surface area contributed by atoms with E-state index >= 15 is 0 Å². The van der Waals surface area contributed by atoms with E-state index in [1.165, 1.54) is 12.1 Å². The smallest absolute Gasteiger partial charge is 0.269 e. The Morgan fingerprint density at radius 3 is 2.76 bits per heavy atom. The van der Waals surface area contributed by atoms with Crippen LogP contribution >= 0.6 is 0 Å². The minimum atomic E-state index is -0.515. The number of nitro benzene ring substituents is 1. The van der Waals surface area contributed by atoms with E-state index in [2.05, 4.69) is 0 Å². The van der Waals surface area contributed by atoms with Crippen molar-refractivity contribution in [3.8, 4) is 0 Å². The van der Waals surface area contributed by atoms with Gasteiger partial charge in [-0.05, 0) is 5.56 Å². The van der Waals surface area contributed by atoms with E-state index < -0.39 is 17.1 Å². The number of β-amino-alcohol motifs (C(OH)–C–C–N with tert-alkyl or cyclic N) is 1. The molecule has 6 heteroatoms. The number of likely N-dealkylation sites (tertiary alicyclic amines) is 1. The van der Waals surface area contributed by atoms with E-state index in [1.54, 1.807) is 17.0 Å². The van der Waals surface area contributed by atoms with Crippen molar-refractivity contribution in [3.63, 3.8) is 0 Å². The van der Waals surface area contributed by atoms with E-state index in [9.17, 15) is 20.0 Å². The Labute approximate surface area is 97.6 Å². The first kappa shape index (κ1) is 11.7. The number of hydrogen-bond donors (Lipinski definition) is 1. The fraction of sp³-hybridized carbons (Fsp3) is 0.364. The third-order valence-electron chi connectivity index (χ3n) is 2.84. The average Bonchev–Trinajstić information content (AvgIpc) is 2.28. The lowest BCUT2D eigenvalue weighted by Gasteiger charge is -2.39. The first-order valence-electron chi connectivity index (χ1n) is 5.23. The van der Waals surface area contributed by atoms with Crippen molar-refractivity contribution in [1.82, 2.24) is 4.90 Å². The molecule has 0 amide bonds. The first-order chi connectivity index (χ1) is 8.11. The van der Waals surface area contributed by atoms with Crippen molar-refractivity contribution in [2.45, 2.75) is 12.1 Å². The second kappa shape index (κ2) is 4.60. The van der Waals surface area contributed by atoms with Crippen LogP contribution in [0.15, 0.2) is 24.3 Å². The fourth-order valence-corrected chi connectivity index (χ4v) is 1.91. The van der Waals surface area contributed by atoms with Crippen LogP contribution in [0.1, 0.15) is 11.6 Å². The molecule has 0 spiro atoms. The highest BCUT2D eigenvalue weighted by molar-refractivity contribution is 5.62. The average molecular weight is 236 g/mol. The minimum absolute atomic E-state index is 0.0320. The molecular weight excluding hydrogens is 224 g/mol. The van der Waals surface area contributed by atoms with Gasteiger partial charge in [0.2, 0.25) is 0 Å². The van der Waals surface area contributed by atoms with Crippen LogP contribution in [0.3, 0.4) is 0 Å². The highest BCUT2D eigenvalue weighted by Gasteiger charge is 2.32. The molecule has 1 fully saturated rings. The molecule has 1 heterocycles. The zero-order chi connectivity index (χ0) is 12.4. The number of non-ortho nitro benzene ring substituents is 1. The predicted octanol–water partition coefficient (Wildman–Crippen LogP) is 0.511. The second-order valence-corrected chi connectivity index (χ2v) is 4.04. The van der Waals surface area contributed by atoms with E-state index in [4.69, 9.17) is 0 Å². The quantitative estimate of drug-likeness (QED) is 0.468. The van der Waals surface area contributed by atoms with Gasteiger partial charge >= 0.3 is 0 Å². The lowest BCUT2D eigenvalue weighted by molar-refractivity contribution is -0.384. The molecule has 0 aliphatic carbocycles. The fourth-order valence-electron chi connectivity index (χ4n) is 1.91. The number of nitro groups is 1. The molecule has 1 aromatic carbocycles. The van der Waals surface area contributed by atoms with Crippen molar-refractivity contribution >= 4 is 12.0 Å². The Hall–Kier alpha value is -1.79. The van der Waals surface area contributed by atoms with Crippen molar-refractivity contribution in [1.29, 1.82) is 0 Å². The SMILES string of the molecule is O=CC(c1cccc([N+](=O)[O-])c1)N1CC(O)C1. The standard InChI is InChI=1S/C11H12N2O4/c14-7-11(12-5-10(15)6-12)8-2-1-3-9(4-8)13(16)17/h1-4,7,10-11,15H,5-6H2. The molecule has 1 aromatic rings. The van der Waals surface area contributed by atoms with Crippen LogP contribution in [-0.2, 0) is 4.79 Å². The van der Waals surface area contributed by atoms with Crippen LogP contribution in [0, 0.1) is 10.1 Å². The van der Waals surface area contributed by atoms with Crippen molar-refractivity contribution < 1.29 is 14.8 Å². The Balaban J connectivity index is 2.22. The third kappa shape index (κ3) is 2.32. The summed E-state index contributed by atoms with van der Waals surface area (Å²) in [5, 5.41) is 19.8. The van der Waals surface area contributed by atoms with Gasteiger partial charge in [-0.1, -0.05) is 12.1 Å². The van der Waals surface area contributed by atoms with Gasteiger partial charge in [-0.3, -0.25) is 15.0 Å². The number of nitrogens with zero attached hydrogens (tertiary/aromatic N) is 2. The molecule has 0 bridgehead atoms. The van der Waals surface area contributed by atoms with Crippen molar-refractivity contribution in [2.75, 3.05) is 13.1 Å². The van der Waals surface area contributed by atoms with Crippen LogP contribution in [0.4, 0.5) is 5.69 Å². The number of benzene rings is 1. The molecular formula is C11H12N2O4. The summed E-state index contributed by atoms with van der Waals surface area (Å²) in [6, 6.07) is 5.50. The summed E-state index contributed by atoms with van der Waals surface area (Å²) < 4.78 is 0. The monoisotopic (exact) mass is 236 g/mol. The summed E-state index contributed by atoms with van der Waals surface area (Å²) in [5.41, 5.74) is 0.552. The maximum atomic E-state index is 11.0. The van der Waals surface area contributed by atoms with Gasteiger partial charge in [-0.25, -0.2) is 0 Å². The molecule has 2 rings (SSSR count). The number of rotatable bonds is 4. The van der Waals surface area contributed by atoms with Crippen LogP contribution in [0.5, 0.6) is 0 Å². The number of hydrogen-bond acceptors (Lipinski definition) is 5. The van der Waals surface area contributed by atoms with Gasteiger partial charge in [0.05, 0.1) is 17.1 Å². The lowest BCUT2D eigenvalue weighted by Crippen LogP contribution is -2.52. The Morgan fingerprint density at radius 1 is 1.53 bits per heavy atom. The number of aldehydes is 1. The summed E-state index contributed by atoms with van der Waals surface area (Å²) in [4.78, 5) is 23.0. The van der Waals surface area contributed by atoms with Gasteiger partial charge in [0.25, 0.3) is 5.69 Å². The molecule has 1 aliphatic rings. The van der Waals surface area contributed by atoms with E-state index in [0.717, 1.165) is 6.29 Å². The normalized spacial score (nSPS) is 18.4. The molecule has 90 valence electrons. The zero-order valence-corrected chi connectivity index (χ0v) is 9.02. The highest BCUT2D eigenvalue weighted by Crippen LogP contribution is 2.26. The third-order valence-corrected chi connectivity index (χ3v) is 2.84. The van der Waals surface area contributed by atoms with E-state index in [0.29, 0.717) is 18.7 Å². The Bertz CT molecular complexity index is 443. The number of aliphatic hydroxyl groups excluding tert-OH is 1. The van der Waals surface area contributed by atoms with Crippen LogP contribution in [0.25, 0.3) is 0 Å². The molecule has 0 radical (unpaired) electrons. The summed E-state index contributed by atoms with van der Waals surface area (Å²) in [7, 11) is 0. The highest BCUT2D eigenvalue weighted by atomic mass is 16.6. The van der Waals surface area contributed by atoms with E-state index in [-0.39, 0.29) is 5.69 Å². The molecule has 1 atom stereocenters. The largest absolute Gasteiger partial charge is 0.390 e. The van der Waals surface area contributed by atoms with Gasteiger partial charge in [0.15, 0.2) is 0 Å². The van der Waals surface area contributed by atoms with Crippen LogP contribution in [0.2, 0.25) is 0 Å². The van der Waals surface area contributed by atoms with Crippen LogP contribution < -0.4 is 0 Å². The maximum Gasteiger partial charge on any atom is 0.269 e. The van der Waals surface area contributed by atoms with Crippen molar-refractivity contribution in [3.05, 3.63) is 39.9 Å². The molecule has 0 aromatic heterocycles. The lowest BCUT2D eigenvalue weighted by atomic mass is 10.0. The van der Waals surface area contributed by atoms with Gasteiger partial charge < -0.3 is 9.90 Å².